The predicted molar refractivity (Wildman–Crippen MR) is 86.6 cm³/mol. The van der Waals surface area contributed by atoms with E-state index in [1.165, 1.54) is 25.5 Å². The normalized spacial score (nSPS) is 27.4. The molecule has 0 radical (unpaired) electrons. The van der Waals surface area contributed by atoms with Crippen molar-refractivity contribution in [2.45, 2.75) is 38.3 Å². The van der Waals surface area contributed by atoms with Crippen LogP contribution in [0.25, 0.3) is 0 Å². The Bertz CT molecular complexity index is 482. The molecule has 3 nitrogen and oxygen atoms in total. The molecule has 0 unspecified atom stereocenters. The molecule has 2 fully saturated rings. The van der Waals surface area contributed by atoms with E-state index in [0.717, 1.165) is 44.8 Å². The maximum absolute atomic E-state index is 13.3. The molecule has 0 aromatic heterocycles. The van der Waals surface area contributed by atoms with E-state index in [0.29, 0.717) is 12.1 Å². The third-order valence-corrected chi connectivity index (χ3v) is 4.89. The molecule has 4 heteroatoms. The van der Waals surface area contributed by atoms with Gasteiger partial charge >= 0.3 is 0 Å². The monoisotopic (exact) mass is 306 g/mol. The standard InChI is InChI=1S/C18H27FN2O/c1-15-14-20(10-11-22-15)8-9-21-7-3-6-18(21)13-16-4-2-5-17(19)12-16/h2,4-5,12,15,18H,3,6-11,13-14H2,1H3/t15-,18+/m1/s1. The minimum Gasteiger partial charge on any atom is -0.376 e. The summed E-state index contributed by atoms with van der Waals surface area (Å²) in [5, 5.41) is 0. The van der Waals surface area contributed by atoms with Crippen LogP contribution in [0.1, 0.15) is 25.3 Å². The van der Waals surface area contributed by atoms with Crippen molar-refractivity contribution < 1.29 is 9.13 Å². The molecule has 1 aromatic rings. The second kappa shape index (κ2) is 7.53. The summed E-state index contributed by atoms with van der Waals surface area (Å²) < 4.78 is 18.9. The molecule has 0 N–H and O–H groups in total. The van der Waals surface area contributed by atoms with E-state index in [2.05, 4.69) is 16.7 Å². The highest BCUT2D eigenvalue weighted by Crippen LogP contribution is 2.21. The topological polar surface area (TPSA) is 15.7 Å². The van der Waals surface area contributed by atoms with Crippen LogP contribution in [0.15, 0.2) is 24.3 Å². The molecule has 2 aliphatic rings. The van der Waals surface area contributed by atoms with Crippen LogP contribution in [-0.2, 0) is 11.2 Å². The fourth-order valence-corrected chi connectivity index (χ4v) is 3.72. The van der Waals surface area contributed by atoms with Gasteiger partial charge in [0.05, 0.1) is 12.7 Å². The Morgan fingerprint density at radius 2 is 2.18 bits per heavy atom. The summed E-state index contributed by atoms with van der Waals surface area (Å²) in [6.45, 7) is 8.51. The van der Waals surface area contributed by atoms with Crippen molar-refractivity contribution in [2.75, 3.05) is 39.3 Å². The molecule has 2 aliphatic heterocycles. The minimum absolute atomic E-state index is 0.121. The molecule has 2 heterocycles. The van der Waals surface area contributed by atoms with Gasteiger partial charge in [-0.2, -0.15) is 0 Å². The molecule has 2 saturated heterocycles. The first-order valence-electron chi connectivity index (χ1n) is 8.53. The van der Waals surface area contributed by atoms with Gasteiger partial charge in [0.1, 0.15) is 5.82 Å². The molecule has 1 aromatic carbocycles. The number of morpholine rings is 1. The molecule has 3 rings (SSSR count). The van der Waals surface area contributed by atoms with Crippen LogP contribution in [0.5, 0.6) is 0 Å². The summed E-state index contributed by atoms with van der Waals surface area (Å²) in [6.07, 6.45) is 3.82. The summed E-state index contributed by atoms with van der Waals surface area (Å²) >= 11 is 0. The zero-order valence-electron chi connectivity index (χ0n) is 13.5. The Morgan fingerprint density at radius 3 is 3.00 bits per heavy atom. The van der Waals surface area contributed by atoms with Gasteiger partial charge in [-0.25, -0.2) is 4.39 Å². The van der Waals surface area contributed by atoms with Crippen molar-refractivity contribution in [2.24, 2.45) is 0 Å². The zero-order valence-corrected chi connectivity index (χ0v) is 13.5. The maximum atomic E-state index is 13.3. The first kappa shape index (κ1) is 15.9. The second-order valence-electron chi connectivity index (χ2n) is 6.65. The van der Waals surface area contributed by atoms with Crippen molar-refractivity contribution in [3.05, 3.63) is 35.6 Å². The van der Waals surface area contributed by atoms with Gasteiger partial charge in [0.2, 0.25) is 0 Å². The Hall–Kier alpha value is -0.970. The first-order valence-corrected chi connectivity index (χ1v) is 8.53. The largest absolute Gasteiger partial charge is 0.376 e. The number of hydrogen-bond donors (Lipinski definition) is 0. The van der Waals surface area contributed by atoms with Crippen molar-refractivity contribution in [3.8, 4) is 0 Å². The molecule has 0 aliphatic carbocycles. The third-order valence-electron chi connectivity index (χ3n) is 4.89. The van der Waals surface area contributed by atoms with Crippen LogP contribution in [0.3, 0.4) is 0 Å². The Morgan fingerprint density at radius 1 is 1.27 bits per heavy atom. The zero-order chi connectivity index (χ0) is 15.4. The van der Waals surface area contributed by atoms with Crippen LogP contribution in [0.4, 0.5) is 4.39 Å². The van der Waals surface area contributed by atoms with Gasteiger partial charge in [-0.3, -0.25) is 9.80 Å². The van der Waals surface area contributed by atoms with Gasteiger partial charge in [0, 0.05) is 32.2 Å². The molecule has 0 spiro atoms. The van der Waals surface area contributed by atoms with E-state index in [1.807, 2.05) is 12.1 Å². The van der Waals surface area contributed by atoms with E-state index in [4.69, 9.17) is 4.74 Å². The number of hydrogen-bond acceptors (Lipinski definition) is 3. The Balaban J connectivity index is 1.50. The van der Waals surface area contributed by atoms with Crippen LogP contribution in [0.2, 0.25) is 0 Å². The van der Waals surface area contributed by atoms with E-state index < -0.39 is 0 Å². The number of ether oxygens (including phenoxy) is 1. The quantitative estimate of drug-likeness (QED) is 0.831. The molecule has 2 atom stereocenters. The van der Waals surface area contributed by atoms with Gasteiger partial charge in [-0.05, 0) is 50.4 Å². The molecule has 0 bridgehead atoms. The summed E-state index contributed by atoms with van der Waals surface area (Å²) in [5.74, 6) is -0.121. The van der Waals surface area contributed by atoms with Gasteiger partial charge < -0.3 is 4.74 Å². The summed E-state index contributed by atoms with van der Waals surface area (Å²) in [5.41, 5.74) is 1.12. The number of likely N-dealkylation sites (tertiary alicyclic amines) is 1. The van der Waals surface area contributed by atoms with Crippen molar-refractivity contribution in [1.29, 1.82) is 0 Å². The van der Waals surface area contributed by atoms with Gasteiger partial charge in [-0.1, -0.05) is 12.1 Å². The highest BCUT2D eigenvalue weighted by molar-refractivity contribution is 5.17. The SMILES string of the molecule is C[C@@H]1CN(CCN2CCC[C@H]2Cc2cccc(F)c2)CCO1. The lowest BCUT2D eigenvalue weighted by Gasteiger charge is -2.33. The predicted octanol–water partition coefficient (Wildman–Crippen LogP) is 2.55. The molecule has 122 valence electrons. The lowest BCUT2D eigenvalue weighted by atomic mass is 10.0. The minimum atomic E-state index is -0.121. The second-order valence-corrected chi connectivity index (χ2v) is 6.65. The highest BCUT2D eigenvalue weighted by Gasteiger charge is 2.25. The van der Waals surface area contributed by atoms with Crippen molar-refractivity contribution >= 4 is 0 Å². The lowest BCUT2D eigenvalue weighted by Crippen LogP contribution is -2.45. The molecule has 0 amide bonds. The van der Waals surface area contributed by atoms with Gasteiger partial charge in [0.25, 0.3) is 0 Å². The van der Waals surface area contributed by atoms with Gasteiger partial charge in [-0.15, -0.1) is 0 Å². The number of nitrogens with zero attached hydrogens (tertiary/aromatic N) is 2. The first-order chi connectivity index (χ1) is 10.7. The number of halogens is 1. The van der Waals surface area contributed by atoms with Crippen molar-refractivity contribution in [3.63, 3.8) is 0 Å². The Kier molecular flexibility index (Phi) is 5.45. The van der Waals surface area contributed by atoms with Gasteiger partial charge in [0.15, 0.2) is 0 Å². The van der Waals surface area contributed by atoms with Crippen LogP contribution in [0, 0.1) is 5.82 Å². The lowest BCUT2D eigenvalue weighted by molar-refractivity contribution is -0.0209. The molecule has 0 saturated carbocycles. The fourth-order valence-electron chi connectivity index (χ4n) is 3.72. The third kappa shape index (κ3) is 4.28. The Labute approximate surface area is 133 Å². The summed E-state index contributed by atoms with van der Waals surface area (Å²) in [7, 11) is 0. The fraction of sp³-hybridized carbons (Fsp3) is 0.667. The molecule has 22 heavy (non-hydrogen) atoms. The average molecular weight is 306 g/mol. The van der Waals surface area contributed by atoms with Crippen LogP contribution in [-0.4, -0.2) is 61.3 Å². The number of rotatable bonds is 5. The van der Waals surface area contributed by atoms with E-state index >= 15 is 0 Å². The highest BCUT2D eigenvalue weighted by atomic mass is 19.1. The van der Waals surface area contributed by atoms with Crippen LogP contribution >= 0.6 is 0 Å². The molecular weight excluding hydrogens is 279 g/mol. The summed E-state index contributed by atoms with van der Waals surface area (Å²) in [4.78, 5) is 5.09. The summed E-state index contributed by atoms with van der Waals surface area (Å²) in [6, 6.07) is 7.64. The van der Waals surface area contributed by atoms with E-state index in [9.17, 15) is 4.39 Å². The average Bonchev–Trinajstić information content (AvgIpc) is 2.92. The van der Waals surface area contributed by atoms with Crippen LogP contribution < -0.4 is 0 Å². The van der Waals surface area contributed by atoms with E-state index in [1.54, 1.807) is 6.07 Å². The van der Waals surface area contributed by atoms with E-state index in [-0.39, 0.29) is 5.82 Å². The smallest absolute Gasteiger partial charge is 0.123 e. The van der Waals surface area contributed by atoms with Crippen molar-refractivity contribution in [1.82, 2.24) is 9.80 Å². The molecular formula is C18H27FN2O. The number of benzene rings is 1. The maximum Gasteiger partial charge on any atom is 0.123 e.